The van der Waals surface area contributed by atoms with E-state index in [-0.39, 0.29) is 6.10 Å². The molecule has 70 valence electrons. The third-order valence-electron chi connectivity index (χ3n) is 2.58. The number of rotatable bonds is 0. The van der Waals surface area contributed by atoms with Crippen LogP contribution in [0.3, 0.4) is 0 Å². The molecule has 3 N–H and O–H groups in total. The van der Waals surface area contributed by atoms with E-state index in [1.54, 1.807) is 6.07 Å². The molecule has 0 bridgehead atoms. The Hall–Kier alpha value is -0.730. The molecule has 0 saturated carbocycles. The molecule has 13 heavy (non-hydrogen) atoms. The van der Waals surface area contributed by atoms with Crippen LogP contribution < -0.4 is 5.73 Å². The smallest absolute Gasteiger partial charge is 0.0584 e. The monoisotopic (exact) mass is 197 g/mol. The van der Waals surface area contributed by atoms with Crippen molar-refractivity contribution in [1.82, 2.24) is 0 Å². The zero-order chi connectivity index (χ0) is 9.42. The molecule has 1 atom stereocenters. The Bertz CT molecular complexity index is 338. The minimum Gasteiger partial charge on any atom is -0.398 e. The molecule has 0 radical (unpaired) electrons. The first-order chi connectivity index (χ1) is 6.18. The molecule has 0 heterocycles. The van der Waals surface area contributed by atoms with Gasteiger partial charge in [0.25, 0.3) is 0 Å². The van der Waals surface area contributed by atoms with Gasteiger partial charge in [0, 0.05) is 17.1 Å². The number of aliphatic hydroxyl groups is 1. The van der Waals surface area contributed by atoms with Crippen LogP contribution in [0.4, 0.5) is 5.69 Å². The van der Waals surface area contributed by atoms with Gasteiger partial charge in [0.1, 0.15) is 0 Å². The molecule has 0 saturated heterocycles. The summed E-state index contributed by atoms with van der Waals surface area (Å²) < 4.78 is 0. The van der Waals surface area contributed by atoms with E-state index >= 15 is 0 Å². The van der Waals surface area contributed by atoms with Crippen LogP contribution in [0, 0.1) is 0 Å². The molecule has 0 unspecified atom stereocenters. The number of hydrogen-bond donors (Lipinski definition) is 2. The number of aliphatic hydroxyl groups excluding tert-OH is 1. The van der Waals surface area contributed by atoms with Crippen molar-refractivity contribution in [2.24, 2.45) is 0 Å². The Kier molecular flexibility index (Phi) is 2.18. The van der Waals surface area contributed by atoms with Crippen LogP contribution in [0.1, 0.15) is 17.5 Å². The zero-order valence-electron chi connectivity index (χ0n) is 7.26. The minimum absolute atomic E-state index is 0.256. The molecular formula is C10H12ClNO. The summed E-state index contributed by atoms with van der Waals surface area (Å²) >= 11 is 6.02. The van der Waals surface area contributed by atoms with Gasteiger partial charge in [0.05, 0.1) is 6.10 Å². The Morgan fingerprint density at radius 2 is 2.15 bits per heavy atom. The van der Waals surface area contributed by atoms with E-state index in [2.05, 4.69) is 0 Å². The van der Waals surface area contributed by atoms with E-state index < -0.39 is 0 Å². The lowest BCUT2D eigenvalue weighted by Gasteiger charge is -2.22. The highest BCUT2D eigenvalue weighted by Gasteiger charge is 2.20. The number of halogens is 1. The van der Waals surface area contributed by atoms with Gasteiger partial charge in [-0.2, -0.15) is 0 Å². The van der Waals surface area contributed by atoms with Gasteiger partial charge < -0.3 is 10.8 Å². The van der Waals surface area contributed by atoms with Crippen molar-refractivity contribution in [2.45, 2.75) is 25.4 Å². The highest BCUT2D eigenvalue weighted by Crippen LogP contribution is 2.31. The number of fused-ring (bicyclic) bond motifs is 1. The largest absolute Gasteiger partial charge is 0.398 e. The van der Waals surface area contributed by atoms with Crippen LogP contribution >= 0.6 is 11.6 Å². The van der Waals surface area contributed by atoms with Crippen LogP contribution in [0.15, 0.2) is 12.1 Å². The van der Waals surface area contributed by atoms with E-state index in [1.807, 2.05) is 6.07 Å². The Labute approximate surface area is 82.3 Å². The maximum Gasteiger partial charge on any atom is 0.0584 e. The molecule has 0 spiro atoms. The molecule has 2 nitrogen and oxygen atoms in total. The molecule has 1 aliphatic carbocycles. The summed E-state index contributed by atoms with van der Waals surface area (Å²) in [4.78, 5) is 0. The quantitative estimate of drug-likeness (QED) is 0.623. The maximum atomic E-state index is 9.47. The summed E-state index contributed by atoms with van der Waals surface area (Å²) in [7, 11) is 0. The molecule has 2 rings (SSSR count). The van der Waals surface area contributed by atoms with Crippen molar-refractivity contribution in [3.63, 3.8) is 0 Å². The van der Waals surface area contributed by atoms with Crippen LogP contribution in [0.2, 0.25) is 5.02 Å². The lowest BCUT2D eigenvalue weighted by molar-refractivity contribution is 0.159. The molecule has 1 aromatic carbocycles. The standard InChI is InChI=1S/C10H12ClNO/c11-9-3-4-10(12)8-5-6(13)1-2-7(8)9/h3-4,6,13H,1-2,5,12H2/t6-/m0/s1. The van der Waals surface area contributed by atoms with Gasteiger partial charge in [-0.25, -0.2) is 0 Å². The molecular weight excluding hydrogens is 186 g/mol. The van der Waals surface area contributed by atoms with Crippen LogP contribution in [0.5, 0.6) is 0 Å². The second-order valence-electron chi connectivity index (χ2n) is 3.49. The van der Waals surface area contributed by atoms with Crippen LogP contribution in [0.25, 0.3) is 0 Å². The van der Waals surface area contributed by atoms with Crippen LogP contribution in [-0.2, 0) is 12.8 Å². The highest BCUT2D eigenvalue weighted by molar-refractivity contribution is 6.31. The van der Waals surface area contributed by atoms with Crippen LogP contribution in [-0.4, -0.2) is 11.2 Å². The number of hydrogen-bond acceptors (Lipinski definition) is 2. The first-order valence-corrected chi connectivity index (χ1v) is 4.80. The van der Waals surface area contributed by atoms with Gasteiger partial charge in [0.15, 0.2) is 0 Å². The number of benzene rings is 1. The molecule has 0 fully saturated rings. The third kappa shape index (κ3) is 1.52. The van der Waals surface area contributed by atoms with Gasteiger partial charge in [-0.1, -0.05) is 11.6 Å². The topological polar surface area (TPSA) is 46.2 Å². The first kappa shape index (κ1) is 8.85. The van der Waals surface area contributed by atoms with Crippen molar-refractivity contribution in [2.75, 3.05) is 5.73 Å². The predicted octanol–water partition coefficient (Wildman–Crippen LogP) is 1.77. The van der Waals surface area contributed by atoms with E-state index in [4.69, 9.17) is 17.3 Å². The number of nitrogen functional groups attached to an aromatic ring is 1. The Balaban J connectivity index is 2.51. The lowest BCUT2D eigenvalue weighted by atomic mass is 9.89. The SMILES string of the molecule is Nc1ccc(Cl)c2c1C[C@@H](O)CC2. The second kappa shape index (κ2) is 3.20. The Morgan fingerprint density at radius 1 is 1.38 bits per heavy atom. The minimum atomic E-state index is -0.256. The molecule has 3 heteroatoms. The summed E-state index contributed by atoms with van der Waals surface area (Å²) in [6, 6.07) is 3.63. The average molecular weight is 198 g/mol. The summed E-state index contributed by atoms with van der Waals surface area (Å²) in [5.74, 6) is 0. The summed E-state index contributed by atoms with van der Waals surface area (Å²) in [5.41, 5.74) is 8.70. The number of anilines is 1. The number of nitrogens with two attached hydrogens (primary N) is 1. The van der Waals surface area contributed by atoms with Crippen molar-refractivity contribution >= 4 is 17.3 Å². The molecule has 0 aliphatic heterocycles. The van der Waals surface area contributed by atoms with Gasteiger partial charge in [-0.15, -0.1) is 0 Å². The predicted molar refractivity (Wildman–Crippen MR) is 53.9 cm³/mol. The van der Waals surface area contributed by atoms with Gasteiger partial charge in [-0.05, 0) is 36.1 Å². The fourth-order valence-corrected chi connectivity index (χ4v) is 2.11. The second-order valence-corrected chi connectivity index (χ2v) is 3.90. The van der Waals surface area contributed by atoms with Gasteiger partial charge >= 0.3 is 0 Å². The van der Waals surface area contributed by atoms with E-state index in [0.29, 0.717) is 6.42 Å². The summed E-state index contributed by atoms with van der Waals surface area (Å²) in [6.07, 6.45) is 2.01. The van der Waals surface area contributed by atoms with E-state index in [9.17, 15) is 5.11 Å². The molecule has 0 aromatic heterocycles. The summed E-state index contributed by atoms with van der Waals surface area (Å²) in [6.45, 7) is 0. The summed E-state index contributed by atoms with van der Waals surface area (Å²) in [5, 5.41) is 10.2. The zero-order valence-corrected chi connectivity index (χ0v) is 8.01. The molecule has 1 aliphatic rings. The van der Waals surface area contributed by atoms with Crippen molar-refractivity contribution in [1.29, 1.82) is 0 Å². The molecule has 1 aromatic rings. The van der Waals surface area contributed by atoms with Gasteiger partial charge in [-0.3, -0.25) is 0 Å². The van der Waals surface area contributed by atoms with Crippen molar-refractivity contribution < 1.29 is 5.11 Å². The maximum absolute atomic E-state index is 9.47. The highest BCUT2D eigenvalue weighted by atomic mass is 35.5. The fraction of sp³-hybridized carbons (Fsp3) is 0.400. The molecule has 0 amide bonds. The average Bonchev–Trinajstić information content (AvgIpc) is 2.12. The van der Waals surface area contributed by atoms with Crippen molar-refractivity contribution in [3.8, 4) is 0 Å². The van der Waals surface area contributed by atoms with E-state index in [0.717, 1.165) is 34.7 Å². The first-order valence-electron chi connectivity index (χ1n) is 4.42. The normalized spacial score (nSPS) is 21.2. The van der Waals surface area contributed by atoms with E-state index in [1.165, 1.54) is 0 Å². The fourth-order valence-electron chi connectivity index (χ4n) is 1.84. The third-order valence-corrected chi connectivity index (χ3v) is 2.93. The van der Waals surface area contributed by atoms with Crippen molar-refractivity contribution in [3.05, 3.63) is 28.3 Å². The van der Waals surface area contributed by atoms with Gasteiger partial charge in [0.2, 0.25) is 0 Å². The lowest BCUT2D eigenvalue weighted by Crippen LogP contribution is -2.20. The Morgan fingerprint density at radius 3 is 2.92 bits per heavy atom.